The molecule has 0 spiro atoms. The van der Waals surface area contributed by atoms with E-state index in [0.717, 1.165) is 33.1 Å². The van der Waals surface area contributed by atoms with Crippen LogP contribution >= 0.6 is 11.8 Å². The Balaban J connectivity index is 1.99. The number of aliphatic carboxylic acids is 1. The summed E-state index contributed by atoms with van der Waals surface area (Å²) in [5, 5.41) is 20.5. The highest BCUT2D eigenvalue weighted by molar-refractivity contribution is 8.00. The molecule has 0 unspecified atom stereocenters. The van der Waals surface area contributed by atoms with Gasteiger partial charge in [0.15, 0.2) is 5.78 Å². The van der Waals surface area contributed by atoms with Crippen LogP contribution in [0.2, 0.25) is 0 Å². The Morgan fingerprint density at radius 2 is 1.65 bits per heavy atom. The predicted molar refractivity (Wildman–Crippen MR) is 180 cm³/mol. The third kappa shape index (κ3) is 10.8. The number of amides is 6. The number of fused-ring (bicyclic) bond motifs is 1. The first-order valence-corrected chi connectivity index (χ1v) is 16.9. The standard InChI is InChI=1S/C32H43N7O9S/c1-16(2)28-31(47)37-23(24(40)9-10-25(33)41)14-49-15-26(42)35-22(11-18-13-34-20-8-6-5-7-19(18)20)32(48)39(4)17(3)29(45)36-21(12-27(43)44)30(46)38-28/h5-8,13,16-17,21-23,28,34H,9-12,14-15H2,1-4H3,(H2,33,41)(H,35,42)(H,36,45)(H,37,47)(H,38,46)(H,43,44)/t17-,21+,22-,23-,28-/m0/s1. The molecule has 2 heterocycles. The lowest BCUT2D eigenvalue weighted by Crippen LogP contribution is -2.60. The van der Waals surface area contributed by atoms with Gasteiger partial charge in [0.25, 0.3) is 0 Å². The largest absolute Gasteiger partial charge is 0.481 e. The van der Waals surface area contributed by atoms with Crippen LogP contribution in [0.15, 0.2) is 30.5 Å². The molecular formula is C32H43N7O9S. The summed E-state index contributed by atoms with van der Waals surface area (Å²) in [6, 6.07) is 0.940. The Morgan fingerprint density at radius 1 is 0.959 bits per heavy atom. The molecule has 49 heavy (non-hydrogen) atoms. The molecule has 1 aromatic heterocycles. The number of nitrogens with zero attached hydrogens (tertiary/aromatic N) is 1. The molecule has 17 heteroatoms. The molecule has 0 aliphatic carbocycles. The molecule has 1 aromatic carbocycles. The maximum Gasteiger partial charge on any atom is 0.305 e. The van der Waals surface area contributed by atoms with E-state index in [4.69, 9.17) is 5.73 Å². The van der Waals surface area contributed by atoms with E-state index in [2.05, 4.69) is 26.3 Å². The number of carbonyl (C=O) groups is 8. The summed E-state index contributed by atoms with van der Waals surface area (Å²) in [5.41, 5.74) is 6.73. The van der Waals surface area contributed by atoms with Crippen molar-refractivity contribution in [2.45, 2.75) is 76.7 Å². The first kappa shape index (κ1) is 38.5. The van der Waals surface area contributed by atoms with Crippen LogP contribution < -0.4 is 27.0 Å². The summed E-state index contributed by atoms with van der Waals surface area (Å²) < 4.78 is 0. The van der Waals surface area contributed by atoms with Crippen LogP contribution in [0.5, 0.6) is 0 Å². The molecular weight excluding hydrogens is 658 g/mol. The van der Waals surface area contributed by atoms with Gasteiger partial charge in [0.1, 0.15) is 24.2 Å². The van der Waals surface area contributed by atoms with Gasteiger partial charge in [-0.05, 0) is 24.5 Å². The summed E-state index contributed by atoms with van der Waals surface area (Å²) in [5.74, 6) is -7.31. The van der Waals surface area contributed by atoms with E-state index in [0.29, 0.717) is 0 Å². The molecule has 266 valence electrons. The lowest BCUT2D eigenvalue weighted by molar-refractivity contribution is -0.144. The van der Waals surface area contributed by atoms with Crippen LogP contribution in [0.1, 0.15) is 45.6 Å². The van der Waals surface area contributed by atoms with Crippen molar-refractivity contribution in [3.05, 3.63) is 36.0 Å². The molecule has 6 amide bonds. The van der Waals surface area contributed by atoms with Crippen molar-refractivity contribution < 1.29 is 43.5 Å². The van der Waals surface area contributed by atoms with Gasteiger partial charge < -0.3 is 42.0 Å². The number of carboxylic acid groups (broad SMARTS) is 1. The number of thioether (sulfide) groups is 1. The number of H-pyrrole nitrogens is 1. The Labute approximate surface area is 287 Å². The van der Waals surface area contributed by atoms with Crippen molar-refractivity contribution in [3.8, 4) is 0 Å². The molecule has 0 bridgehead atoms. The second kappa shape index (κ2) is 17.5. The monoisotopic (exact) mass is 701 g/mol. The molecule has 1 saturated heterocycles. The molecule has 1 fully saturated rings. The number of likely N-dealkylation sites (N-methyl/N-ethyl adjacent to an activating group) is 1. The van der Waals surface area contributed by atoms with Crippen LogP contribution in [-0.2, 0) is 44.8 Å². The van der Waals surface area contributed by atoms with Gasteiger partial charge in [-0.25, -0.2) is 0 Å². The average molecular weight is 702 g/mol. The van der Waals surface area contributed by atoms with E-state index >= 15 is 0 Å². The van der Waals surface area contributed by atoms with Crippen LogP contribution in [0.3, 0.4) is 0 Å². The number of aromatic amines is 1. The molecule has 16 nitrogen and oxygen atoms in total. The second-order valence-electron chi connectivity index (χ2n) is 12.2. The number of carbonyl (C=O) groups excluding carboxylic acids is 7. The number of nitrogens with two attached hydrogens (primary N) is 1. The van der Waals surface area contributed by atoms with Crippen LogP contribution in [0.25, 0.3) is 10.9 Å². The third-order valence-corrected chi connectivity index (χ3v) is 9.17. The number of primary amides is 1. The number of hydrogen-bond donors (Lipinski definition) is 7. The van der Waals surface area contributed by atoms with Gasteiger partial charge in [-0.15, -0.1) is 11.8 Å². The van der Waals surface area contributed by atoms with Crippen LogP contribution in [-0.4, -0.2) is 111 Å². The van der Waals surface area contributed by atoms with Gasteiger partial charge in [-0.1, -0.05) is 32.0 Å². The number of para-hydroxylation sites is 1. The highest BCUT2D eigenvalue weighted by Crippen LogP contribution is 2.20. The quantitative estimate of drug-likeness (QED) is 0.172. The van der Waals surface area contributed by atoms with E-state index in [1.54, 1.807) is 20.0 Å². The smallest absolute Gasteiger partial charge is 0.305 e. The zero-order valence-electron chi connectivity index (χ0n) is 27.7. The number of ketones is 1. The number of hydrogen-bond acceptors (Lipinski definition) is 9. The van der Waals surface area contributed by atoms with Gasteiger partial charge >= 0.3 is 5.97 Å². The predicted octanol–water partition coefficient (Wildman–Crippen LogP) is -0.791. The molecule has 8 N–H and O–H groups in total. The van der Waals surface area contributed by atoms with Gasteiger partial charge in [0, 0.05) is 49.2 Å². The number of aromatic nitrogens is 1. The first-order valence-electron chi connectivity index (χ1n) is 15.7. The summed E-state index contributed by atoms with van der Waals surface area (Å²) in [4.78, 5) is 108. The van der Waals surface area contributed by atoms with Gasteiger partial charge in [0.05, 0.1) is 18.2 Å². The number of nitrogens with one attached hydrogen (secondary N) is 5. The van der Waals surface area contributed by atoms with E-state index in [1.807, 2.05) is 24.3 Å². The minimum Gasteiger partial charge on any atom is -0.481 e. The molecule has 0 saturated carbocycles. The number of benzene rings is 1. The molecule has 5 atom stereocenters. The topological polar surface area (TPSA) is 250 Å². The highest BCUT2D eigenvalue weighted by atomic mass is 32.2. The minimum absolute atomic E-state index is 0.0445. The number of Topliss-reactive ketones (excluding diaryl/α,β-unsaturated/α-hetero) is 1. The summed E-state index contributed by atoms with van der Waals surface area (Å²) in [6.07, 6.45) is 0.358. The Kier molecular flexibility index (Phi) is 13.7. The normalized spacial score (nSPS) is 23.6. The van der Waals surface area contributed by atoms with Gasteiger partial charge in [-0.3, -0.25) is 38.4 Å². The van der Waals surface area contributed by atoms with Crippen molar-refractivity contribution in [3.63, 3.8) is 0 Å². The van der Waals surface area contributed by atoms with Gasteiger partial charge in [-0.2, -0.15) is 0 Å². The fourth-order valence-corrected chi connectivity index (χ4v) is 6.09. The first-order chi connectivity index (χ1) is 23.1. The average Bonchev–Trinajstić information content (AvgIpc) is 3.45. The maximum atomic E-state index is 13.9. The fraction of sp³-hybridized carbons (Fsp3) is 0.500. The maximum absolute atomic E-state index is 13.9. The molecule has 3 rings (SSSR count). The van der Waals surface area contributed by atoms with E-state index in [1.165, 1.54) is 14.0 Å². The van der Waals surface area contributed by atoms with Crippen LogP contribution in [0, 0.1) is 5.92 Å². The summed E-state index contributed by atoms with van der Waals surface area (Å²) in [6.45, 7) is 4.61. The fourth-order valence-electron chi connectivity index (χ4n) is 5.20. The van der Waals surface area contributed by atoms with E-state index in [9.17, 15) is 43.5 Å². The van der Waals surface area contributed by atoms with Crippen molar-refractivity contribution in [1.29, 1.82) is 0 Å². The number of rotatable bonds is 9. The number of carboxylic acids is 1. The van der Waals surface area contributed by atoms with Crippen molar-refractivity contribution in [2.24, 2.45) is 11.7 Å². The molecule has 1 aliphatic rings. The molecule has 2 aromatic rings. The zero-order chi connectivity index (χ0) is 36.4. The SMILES string of the molecule is CC(C)[C@@H]1NC(=O)[C@@H](CC(=O)O)NC(=O)[C@H](C)N(C)C(=O)[C@H](Cc2c[nH]c3ccccc23)NC(=O)CSC[C@@H](C(=O)CCC(N)=O)NC1=O. The minimum atomic E-state index is -1.63. The lowest BCUT2D eigenvalue weighted by atomic mass is 10.0. The Hall–Kier alpha value is -4.93. The highest BCUT2D eigenvalue weighted by Gasteiger charge is 2.35. The summed E-state index contributed by atoms with van der Waals surface area (Å²) >= 11 is 0.999. The lowest BCUT2D eigenvalue weighted by Gasteiger charge is -2.31. The molecule has 1 aliphatic heterocycles. The Morgan fingerprint density at radius 3 is 2.31 bits per heavy atom. The zero-order valence-corrected chi connectivity index (χ0v) is 28.6. The Bertz CT molecular complexity index is 1590. The molecule has 0 radical (unpaired) electrons. The van der Waals surface area contributed by atoms with Gasteiger partial charge in [0.2, 0.25) is 35.4 Å². The van der Waals surface area contributed by atoms with Crippen molar-refractivity contribution >= 4 is 69.9 Å². The summed E-state index contributed by atoms with van der Waals surface area (Å²) in [7, 11) is 1.35. The van der Waals surface area contributed by atoms with Crippen molar-refractivity contribution in [2.75, 3.05) is 18.6 Å². The van der Waals surface area contributed by atoms with Crippen LogP contribution in [0.4, 0.5) is 0 Å². The second-order valence-corrected chi connectivity index (χ2v) is 13.2. The third-order valence-electron chi connectivity index (χ3n) is 8.14. The van der Waals surface area contributed by atoms with Crippen molar-refractivity contribution in [1.82, 2.24) is 31.2 Å². The van der Waals surface area contributed by atoms with E-state index in [-0.39, 0.29) is 30.8 Å². The van der Waals surface area contributed by atoms with E-state index < -0.39 is 89.7 Å².